The van der Waals surface area contributed by atoms with Crippen LogP contribution in [0.15, 0.2) is 60.9 Å². The average molecular weight is 284 g/mol. The van der Waals surface area contributed by atoms with Crippen molar-refractivity contribution in [1.29, 1.82) is 0 Å². The van der Waals surface area contributed by atoms with E-state index in [0.29, 0.717) is 17.9 Å². The van der Waals surface area contributed by atoms with E-state index in [0.717, 1.165) is 5.56 Å². The number of methoxy groups -OCH3 is 1. The number of ether oxygens (including phenoxy) is 2. The second-order valence-corrected chi connectivity index (χ2v) is 4.37. The Bertz CT molecular complexity index is 615. The molecule has 4 nitrogen and oxygen atoms in total. The first-order valence-electron chi connectivity index (χ1n) is 6.44. The van der Waals surface area contributed by atoms with E-state index in [9.17, 15) is 4.79 Å². The Morgan fingerprint density at radius 1 is 1.10 bits per heavy atom. The lowest BCUT2D eigenvalue weighted by Crippen LogP contribution is -2.00. The summed E-state index contributed by atoms with van der Waals surface area (Å²) in [5.41, 5.74) is 1.75. The smallest absolute Gasteiger partial charge is 0.339 e. The molecule has 0 unspecified atom stereocenters. The monoisotopic (exact) mass is 284 g/mol. The van der Waals surface area contributed by atoms with Crippen molar-refractivity contribution in [2.24, 2.45) is 0 Å². The number of hydrogen-bond acceptors (Lipinski definition) is 3. The van der Waals surface area contributed by atoms with Crippen LogP contribution in [-0.4, -0.2) is 18.2 Å². The Labute approximate surface area is 123 Å². The van der Waals surface area contributed by atoms with Crippen LogP contribution in [0.25, 0.3) is 5.57 Å². The highest BCUT2D eigenvalue weighted by Gasteiger charge is 2.10. The fourth-order valence-corrected chi connectivity index (χ4v) is 1.83. The van der Waals surface area contributed by atoms with E-state index in [1.165, 1.54) is 13.4 Å². The molecule has 108 valence electrons. The minimum absolute atomic E-state index is 0.104. The van der Waals surface area contributed by atoms with E-state index in [2.05, 4.69) is 0 Å². The highest BCUT2D eigenvalue weighted by molar-refractivity contribution is 6.15. The summed E-state index contributed by atoms with van der Waals surface area (Å²) in [5.74, 6) is -0.348. The van der Waals surface area contributed by atoms with Gasteiger partial charge in [-0.15, -0.1) is 0 Å². The Balaban J connectivity index is 2.05. The van der Waals surface area contributed by atoms with Gasteiger partial charge in [0, 0.05) is 0 Å². The number of carboxylic acids is 1. The van der Waals surface area contributed by atoms with Gasteiger partial charge in [0.05, 0.1) is 13.4 Å². The van der Waals surface area contributed by atoms with Crippen LogP contribution in [0.4, 0.5) is 0 Å². The molecule has 0 aromatic heterocycles. The molecule has 2 aromatic carbocycles. The summed E-state index contributed by atoms with van der Waals surface area (Å²) in [7, 11) is 1.42. The average Bonchev–Trinajstić information content (AvgIpc) is 2.52. The number of carboxylic acid groups (broad SMARTS) is 1. The van der Waals surface area contributed by atoms with Gasteiger partial charge in [-0.1, -0.05) is 42.5 Å². The van der Waals surface area contributed by atoms with Gasteiger partial charge < -0.3 is 14.6 Å². The predicted molar refractivity (Wildman–Crippen MR) is 79.8 cm³/mol. The molecule has 0 amide bonds. The Morgan fingerprint density at radius 2 is 1.76 bits per heavy atom. The molecule has 2 aromatic rings. The molecule has 0 fully saturated rings. The first-order chi connectivity index (χ1) is 10.2. The van der Waals surface area contributed by atoms with Gasteiger partial charge in [-0.2, -0.15) is 0 Å². The van der Waals surface area contributed by atoms with Gasteiger partial charge in [-0.05, 0) is 23.3 Å². The lowest BCUT2D eigenvalue weighted by Gasteiger charge is -2.08. The summed E-state index contributed by atoms with van der Waals surface area (Å²) in [6, 6.07) is 16.7. The summed E-state index contributed by atoms with van der Waals surface area (Å²) < 4.78 is 10.4. The third-order valence-corrected chi connectivity index (χ3v) is 2.88. The Hall–Kier alpha value is -2.75. The van der Waals surface area contributed by atoms with Gasteiger partial charge >= 0.3 is 5.97 Å². The van der Waals surface area contributed by atoms with Crippen molar-refractivity contribution in [3.8, 4) is 5.75 Å². The lowest BCUT2D eigenvalue weighted by molar-refractivity contribution is -0.130. The number of carbonyl (C=O) groups is 1. The van der Waals surface area contributed by atoms with Crippen LogP contribution in [-0.2, 0) is 16.1 Å². The van der Waals surface area contributed by atoms with Crippen molar-refractivity contribution in [3.05, 3.63) is 72.0 Å². The van der Waals surface area contributed by atoms with Crippen molar-refractivity contribution in [2.45, 2.75) is 6.61 Å². The molecule has 0 aliphatic heterocycles. The fourth-order valence-electron chi connectivity index (χ4n) is 1.83. The maximum atomic E-state index is 11.1. The second kappa shape index (κ2) is 7.14. The van der Waals surface area contributed by atoms with Gasteiger partial charge in [0.1, 0.15) is 17.9 Å². The molecule has 0 saturated carbocycles. The molecular weight excluding hydrogens is 268 g/mol. The summed E-state index contributed by atoms with van der Waals surface area (Å²) in [6.07, 6.45) is 1.21. The zero-order valence-electron chi connectivity index (χ0n) is 11.7. The van der Waals surface area contributed by atoms with Crippen molar-refractivity contribution >= 4 is 11.5 Å². The quantitative estimate of drug-likeness (QED) is 0.653. The Morgan fingerprint density at radius 3 is 2.33 bits per heavy atom. The van der Waals surface area contributed by atoms with E-state index in [1.54, 1.807) is 24.3 Å². The lowest BCUT2D eigenvalue weighted by atomic mass is 10.1. The zero-order valence-corrected chi connectivity index (χ0v) is 11.7. The molecule has 21 heavy (non-hydrogen) atoms. The van der Waals surface area contributed by atoms with Crippen LogP contribution in [0.3, 0.4) is 0 Å². The predicted octanol–water partition coefficient (Wildman–Crippen LogP) is 3.34. The van der Waals surface area contributed by atoms with Gasteiger partial charge in [-0.3, -0.25) is 0 Å². The first kappa shape index (κ1) is 14.7. The topological polar surface area (TPSA) is 55.8 Å². The zero-order chi connectivity index (χ0) is 15.1. The summed E-state index contributed by atoms with van der Waals surface area (Å²) in [4.78, 5) is 11.1. The van der Waals surface area contributed by atoms with Crippen molar-refractivity contribution in [3.63, 3.8) is 0 Å². The van der Waals surface area contributed by atoms with Crippen LogP contribution in [0, 0.1) is 0 Å². The summed E-state index contributed by atoms with van der Waals surface area (Å²) >= 11 is 0. The summed E-state index contributed by atoms with van der Waals surface area (Å²) in [6.45, 7) is 0.472. The minimum atomic E-state index is -1.03. The molecule has 0 saturated heterocycles. The molecule has 0 heterocycles. The number of aliphatic carboxylic acids is 1. The van der Waals surface area contributed by atoms with E-state index >= 15 is 0 Å². The van der Waals surface area contributed by atoms with E-state index in [4.69, 9.17) is 14.6 Å². The molecule has 0 aliphatic carbocycles. The molecule has 0 spiro atoms. The van der Waals surface area contributed by atoms with Gasteiger partial charge in [0.15, 0.2) is 0 Å². The van der Waals surface area contributed by atoms with Gasteiger partial charge in [0.2, 0.25) is 0 Å². The maximum Gasteiger partial charge on any atom is 0.339 e. The van der Waals surface area contributed by atoms with Crippen LogP contribution in [0.1, 0.15) is 11.1 Å². The second-order valence-electron chi connectivity index (χ2n) is 4.37. The van der Waals surface area contributed by atoms with Crippen molar-refractivity contribution in [2.75, 3.05) is 7.11 Å². The number of benzene rings is 2. The summed E-state index contributed by atoms with van der Waals surface area (Å²) in [5, 5.41) is 9.10. The number of rotatable bonds is 6. The third-order valence-electron chi connectivity index (χ3n) is 2.88. The highest BCUT2D eigenvalue weighted by Crippen LogP contribution is 2.20. The first-order valence-corrected chi connectivity index (χ1v) is 6.44. The maximum absolute atomic E-state index is 11.1. The largest absolute Gasteiger partial charge is 0.503 e. The molecule has 4 heteroatoms. The van der Waals surface area contributed by atoms with Crippen LogP contribution in [0.5, 0.6) is 5.75 Å². The highest BCUT2D eigenvalue weighted by atomic mass is 16.5. The van der Waals surface area contributed by atoms with Crippen molar-refractivity contribution in [1.82, 2.24) is 0 Å². The molecular formula is C17H16O4. The molecule has 0 bridgehead atoms. The van der Waals surface area contributed by atoms with Crippen LogP contribution in [0.2, 0.25) is 0 Å². The SMILES string of the molecule is COC=C(C(=O)O)c1ccc(OCc2ccccc2)cc1. The molecule has 1 N–H and O–H groups in total. The molecule has 0 atom stereocenters. The van der Waals surface area contributed by atoms with E-state index < -0.39 is 5.97 Å². The molecule has 0 radical (unpaired) electrons. The van der Waals surface area contributed by atoms with Crippen LogP contribution >= 0.6 is 0 Å². The van der Waals surface area contributed by atoms with E-state index in [-0.39, 0.29) is 5.57 Å². The standard InChI is InChI=1S/C17H16O4/c1-20-12-16(17(18)19)14-7-9-15(10-8-14)21-11-13-5-3-2-4-6-13/h2-10,12H,11H2,1H3,(H,18,19). The van der Waals surface area contributed by atoms with Gasteiger partial charge in [-0.25, -0.2) is 4.79 Å². The fraction of sp³-hybridized carbons (Fsp3) is 0.118. The van der Waals surface area contributed by atoms with Crippen LogP contribution < -0.4 is 4.74 Å². The molecule has 2 rings (SSSR count). The number of hydrogen-bond donors (Lipinski definition) is 1. The molecule has 0 aliphatic rings. The van der Waals surface area contributed by atoms with Gasteiger partial charge in [0.25, 0.3) is 0 Å². The third kappa shape index (κ3) is 4.11. The van der Waals surface area contributed by atoms with E-state index in [1.807, 2.05) is 30.3 Å². The normalized spacial score (nSPS) is 11.0. The minimum Gasteiger partial charge on any atom is -0.503 e. The Kier molecular flexibility index (Phi) is 4.99. The van der Waals surface area contributed by atoms with Crippen molar-refractivity contribution < 1.29 is 19.4 Å².